The summed E-state index contributed by atoms with van der Waals surface area (Å²) >= 11 is 1.78. The molecule has 2 atom stereocenters. The van der Waals surface area contributed by atoms with Crippen molar-refractivity contribution in [2.75, 3.05) is 7.05 Å². The van der Waals surface area contributed by atoms with Crippen LogP contribution in [-0.4, -0.2) is 18.1 Å². The number of nitrogens with zero attached hydrogens (tertiary/aromatic N) is 1. The summed E-state index contributed by atoms with van der Waals surface area (Å²) in [5.41, 5.74) is 4.23. The van der Waals surface area contributed by atoms with Gasteiger partial charge < -0.3 is 5.32 Å². The molecular weight excluding hydrogens is 252 g/mol. The Kier molecular flexibility index (Phi) is 3.67. The Bertz CT molecular complexity index is 561. The summed E-state index contributed by atoms with van der Waals surface area (Å²) in [6, 6.07) is 9.37. The first-order chi connectivity index (χ1) is 9.26. The lowest BCUT2D eigenvalue weighted by atomic mass is 9.74. The SMILES string of the molecule is CNC(Cc1nc(C)cs1)CC1Cc2ccccc21. The lowest BCUT2D eigenvalue weighted by molar-refractivity contribution is 0.437. The molecule has 1 heterocycles. The van der Waals surface area contributed by atoms with Crippen LogP contribution in [0.1, 0.15) is 34.2 Å². The van der Waals surface area contributed by atoms with Crippen molar-refractivity contribution in [3.8, 4) is 0 Å². The molecule has 1 aliphatic rings. The van der Waals surface area contributed by atoms with E-state index in [4.69, 9.17) is 0 Å². The molecule has 0 spiro atoms. The van der Waals surface area contributed by atoms with Crippen LogP contribution >= 0.6 is 11.3 Å². The third-order valence-electron chi connectivity index (χ3n) is 4.03. The van der Waals surface area contributed by atoms with Gasteiger partial charge in [-0.05, 0) is 43.9 Å². The molecule has 3 rings (SSSR count). The Balaban J connectivity index is 1.62. The fraction of sp³-hybridized carbons (Fsp3) is 0.438. The lowest BCUT2D eigenvalue weighted by Gasteiger charge is -2.32. The lowest BCUT2D eigenvalue weighted by Crippen LogP contribution is -2.32. The minimum Gasteiger partial charge on any atom is -0.317 e. The second-order valence-corrected chi connectivity index (χ2v) is 6.35. The fourth-order valence-electron chi connectivity index (χ4n) is 2.93. The molecular formula is C16H20N2S. The van der Waals surface area contributed by atoms with Gasteiger partial charge in [-0.15, -0.1) is 11.3 Å². The predicted octanol–water partition coefficient (Wildman–Crippen LogP) is 3.31. The van der Waals surface area contributed by atoms with E-state index in [0.717, 1.165) is 18.0 Å². The standard InChI is InChI=1S/C16H20N2S/c1-11-10-19-16(18-11)9-14(17-2)8-13-7-12-5-3-4-6-15(12)13/h3-6,10,13-14,17H,7-9H2,1-2H3. The van der Waals surface area contributed by atoms with Crippen molar-refractivity contribution < 1.29 is 0 Å². The van der Waals surface area contributed by atoms with E-state index in [-0.39, 0.29) is 0 Å². The van der Waals surface area contributed by atoms with E-state index < -0.39 is 0 Å². The first-order valence-electron chi connectivity index (χ1n) is 6.92. The van der Waals surface area contributed by atoms with Gasteiger partial charge >= 0.3 is 0 Å². The second-order valence-electron chi connectivity index (χ2n) is 5.41. The number of likely N-dealkylation sites (N-methyl/N-ethyl adjacent to an activating group) is 1. The van der Waals surface area contributed by atoms with Gasteiger partial charge in [0, 0.05) is 23.5 Å². The van der Waals surface area contributed by atoms with Crippen molar-refractivity contribution in [2.45, 2.75) is 38.1 Å². The number of hydrogen-bond acceptors (Lipinski definition) is 3. The Morgan fingerprint density at radius 3 is 2.95 bits per heavy atom. The summed E-state index contributed by atoms with van der Waals surface area (Å²) < 4.78 is 0. The van der Waals surface area contributed by atoms with Crippen molar-refractivity contribution in [1.82, 2.24) is 10.3 Å². The van der Waals surface area contributed by atoms with E-state index in [1.165, 1.54) is 23.4 Å². The van der Waals surface area contributed by atoms with Crippen molar-refractivity contribution in [3.63, 3.8) is 0 Å². The van der Waals surface area contributed by atoms with Crippen molar-refractivity contribution in [2.24, 2.45) is 0 Å². The van der Waals surface area contributed by atoms with Crippen LogP contribution in [0, 0.1) is 6.92 Å². The van der Waals surface area contributed by atoms with Gasteiger partial charge in [0.15, 0.2) is 0 Å². The number of thiazole rings is 1. The highest BCUT2D eigenvalue weighted by molar-refractivity contribution is 7.09. The summed E-state index contributed by atoms with van der Waals surface area (Å²) in [5.74, 6) is 0.731. The Labute approximate surface area is 118 Å². The van der Waals surface area contributed by atoms with Crippen molar-refractivity contribution in [1.29, 1.82) is 0 Å². The third kappa shape index (κ3) is 2.72. The van der Waals surface area contributed by atoms with Gasteiger partial charge in [-0.2, -0.15) is 0 Å². The molecule has 1 aromatic heterocycles. The van der Waals surface area contributed by atoms with Crippen LogP contribution in [0.2, 0.25) is 0 Å². The van der Waals surface area contributed by atoms with Gasteiger partial charge in [-0.1, -0.05) is 24.3 Å². The number of fused-ring (bicyclic) bond motifs is 1. The van der Waals surface area contributed by atoms with E-state index in [2.05, 4.69) is 53.9 Å². The van der Waals surface area contributed by atoms with Crippen LogP contribution in [-0.2, 0) is 12.8 Å². The molecule has 2 nitrogen and oxygen atoms in total. The highest BCUT2D eigenvalue weighted by Gasteiger charge is 2.27. The zero-order chi connectivity index (χ0) is 13.2. The molecule has 0 radical (unpaired) electrons. The first kappa shape index (κ1) is 12.8. The van der Waals surface area contributed by atoms with Crippen LogP contribution in [0.3, 0.4) is 0 Å². The van der Waals surface area contributed by atoms with Gasteiger partial charge in [0.2, 0.25) is 0 Å². The molecule has 0 saturated heterocycles. The van der Waals surface area contributed by atoms with Gasteiger partial charge in [0.25, 0.3) is 0 Å². The maximum absolute atomic E-state index is 4.57. The van der Waals surface area contributed by atoms with Crippen LogP contribution in [0.5, 0.6) is 0 Å². The highest BCUT2D eigenvalue weighted by atomic mass is 32.1. The first-order valence-corrected chi connectivity index (χ1v) is 7.80. The second kappa shape index (κ2) is 5.43. The average Bonchev–Trinajstić information content (AvgIpc) is 2.80. The zero-order valence-electron chi connectivity index (χ0n) is 11.5. The van der Waals surface area contributed by atoms with E-state index >= 15 is 0 Å². The molecule has 100 valence electrons. The number of nitrogens with one attached hydrogen (secondary N) is 1. The van der Waals surface area contributed by atoms with Crippen molar-refractivity contribution in [3.05, 3.63) is 51.5 Å². The van der Waals surface area contributed by atoms with Crippen LogP contribution in [0.25, 0.3) is 0 Å². The molecule has 0 fully saturated rings. The molecule has 0 saturated carbocycles. The number of hydrogen-bond donors (Lipinski definition) is 1. The minimum atomic E-state index is 0.531. The van der Waals surface area contributed by atoms with E-state index in [1.54, 1.807) is 16.9 Å². The number of rotatable bonds is 5. The molecule has 0 amide bonds. The maximum atomic E-state index is 4.57. The average molecular weight is 272 g/mol. The molecule has 1 aromatic carbocycles. The summed E-state index contributed by atoms with van der Waals surface area (Å²) in [6.07, 6.45) is 3.51. The number of benzene rings is 1. The minimum absolute atomic E-state index is 0.531. The topological polar surface area (TPSA) is 24.9 Å². The Morgan fingerprint density at radius 1 is 1.42 bits per heavy atom. The number of aromatic nitrogens is 1. The highest BCUT2D eigenvalue weighted by Crippen LogP contribution is 2.38. The third-order valence-corrected chi connectivity index (χ3v) is 5.02. The van der Waals surface area contributed by atoms with E-state index in [0.29, 0.717) is 6.04 Å². The fourth-order valence-corrected chi connectivity index (χ4v) is 3.78. The van der Waals surface area contributed by atoms with Crippen LogP contribution in [0.4, 0.5) is 0 Å². The van der Waals surface area contributed by atoms with Crippen molar-refractivity contribution >= 4 is 11.3 Å². The number of aryl methyl sites for hydroxylation is 1. The predicted molar refractivity (Wildman–Crippen MR) is 80.9 cm³/mol. The normalized spacial score (nSPS) is 18.7. The van der Waals surface area contributed by atoms with Gasteiger partial charge in [-0.25, -0.2) is 4.98 Å². The van der Waals surface area contributed by atoms with Crippen LogP contribution < -0.4 is 5.32 Å². The molecule has 0 aliphatic heterocycles. The Morgan fingerprint density at radius 2 is 2.26 bits per heavy atom. The van der Waals surface area contributed by atoms with Crippen LogP contribution in [0.15, 0.2) is 29.6 Å². The molecule has 3 heteroatoms. The van der Waals surface area contributed by atoms with Gasteiger partial charge in [0.05, 0.1) is 5.01 Å². The smallest absolute Gasteiger partial charge is 0.0943 e. The van der Waals surface area contributed by atoms with Gasteiger partial charge in [-0.3, -0.25) is 0 Å². The summed E-state index contributed by atoms with van der Waals surface area (Å²) in [7, 11) is 2.07. The summed E-state index contributed by atoms with van der Waals surface area (Å²) in [6.45, 7) is 2.07. The molecule has 1 N–H and O–H groups in total. The zero-order valence-corrected chi connectivity index (χ0v) is 12.3. The quantitative estimate of drug-likeness (QED) is 0.903. The van der Waals surface area contributed by atoms with E-state index in [1.807, 2.05) is 0 Å². The monoisotopic (exact) mass is 272 g/mol. The van der Waals surface area contributed by atoms with E-state index in [9.17, 15) is 0 Å². The Hall–Kier alpha value is -1.19. The molecule has 1 aliphatic carbocycles. The molecule has 2 aromatic rings. The summed E-state index contributed by atoms with van der Waals surface area (Å²) in [5, 5.41) is 6.85. The maximum Gasteiger partial charge on any atom is 0.0943 e. The van der Waals surface area contributed by atoms with Gasteiger partial charge in [0.1, 0.15) is 0 Å². The summed E-state index contributed by atoms with van der Waals surface area (Å²) in [4.78, 5) is 4.57. The molecule has 19 heavy (non-hydrogen) atoms. The largest absolute Gasteiger partial charge is 0.317 e. The molecule has 0 bridgehead atoms. The molecule has 2 unspecified atom stereocenters.